The molecule has 0 saturated carbocycles. The summed E-state index contributed by atoms with van der Waals surface area (Å²) < 4.78 is 10.8. The molecule has 5 rings (SSSR count). The molecule has 2 aromatic heterocycles. The predicted molar refractivity (Wildman–Crippen MR) is 120 cm³/mol. The Hall–Kier alpha value is -3.48. The van der Waals surface area contributed by atoms with Crippen LogP contribution in [0.1, 0.15) is 6.92 Å². The first kappa shape index (κ1) is 18.5. The van der Waals surface area contributed by atoms with Crippen LogP contribution in [0.4, 0.5) is 11.5 Å². The highest BCUT2D eigenvalue weighted by Crippen LogP contribution is 2.33. The van der Waals surface area contributed by atoms with E-state index in [-0.39, 0.29) is 0 Å². The largest absolute Gasteiger partial charge is 0.497 e. The van der Waals surface area contributed by atoms with Crippen molar-refractivity contribution in [1.29, 1.82) is 0 Å². The van der Waals surface area contributed by atoms with Crippen LogP contribution in [0.15, 0.2) is 48.8 Å². The molecule has 0 radical (unpaired) electrons. The van der Waals surface area contributed by atoms with E-state index in [4.69, 9.17) is 9.47 Å². The summed E-state index contributed by atoms with van der Waals surface area (Å²) >= 11 is 0. The molecular formula is C23H25N5O2. The summed E-state index contributed by atoms with van der Waals surface area (Å²) in [4.78, 5) is 17.5. The monoisotopic (exact) mass is 403 g/mol. The van der Waals surface area contributed by atoms with Crippen LogP contribution in [0.3, 0.4) is 0 Å². The molecule has 7 heteroatoms. The first-order valence-electron chi connectivity index (χ1n) is 10.1. The highest BCUT2D eigenvalue weighted by atomic mass is 16.5. The molecule has 1 N–H and O–H groups in total. The average Bonchev–Trinajstić information content (AvgIpc) is 3.17. The normalized spacial score (nSPS) is 17.0. The van der Waals surface area contributed by atoms with Crippen LogP contribution in [-0.4, -0.2) is 54.8 Å². The highest BCUT2D eigenvalue weighted by Gasteiger charge is 2.27. The first-order valence-corrected chi connectivity index (χ1v) is 10.1. The molecule has 0 bridgehead atoms. The first-order chi connectivity index (χ1) is 14.7. The summed E-state index contributed by atoms with van der Waals surface area (Å²) in [6, 6.07) is 14.6. The lowest BCUT2D eigenvalue weighted by Crippen LogP contribution is -2.52. The number of aromatic nitrogens is 3. The van der Waals surface area contributed by atoms with Gasteiger partial charge in [-0.15, -0.1) is 0 Å². The molecule has 3 heterocycles. The second kappa shape index (κ2) is 7.40. The number of piperazine rings is 1. The van der Waals surface area contributed by atoms with Crippen molar-refractivity contribution in [3.63, 3.8) is 0 Å². The zero-order chi connectivity index (χ0) is 20.7. The Kier molecular flexibility index (Phi) is 4.58. The van der Waals surface area contributed by atoms with Gasteiger partial charge in [0, 0.05) is 48.3 Å². The molecule has 1 aliphatic heterocycles. The van der Waals surface area contributed by atoms with Crippen molar-refractivity contribution in [2.75, 3.05) is 43.7 Å². The Bertz CT molecular complexity index is 1200. The second-order valence-electron chi connectivity index (χ2n) is 7.65. The van der Waals surface area contributed by atoms with Gasteiger partial charge >= 0.3 is 0 Å². The number of ether oxygens (including phenoxy) is 2. The molecular weight excluding hydrogens is 378 g/mol. The fourth-order valence-corrected chi connectivity index (χ4v) is 4.35. The van der Waals surface area contributed by atoms with Gasteiger partial charge in [-0.2, -0.15) is 0 Å². The van der Waals surface area contributed by atoms with Crippen LogP contribution < -0.4 is 19.3 Å². The number of benzene rings is 2. The number of anilines is 2. The van der Waals surface area contributed by atoms with Crippen LogP contribution in [0.5, 0.6) is 11.5 Å². The highest BCUT2D eigenvalue weighted by molar-refractivity contribution is 6.08. The number of nitrogens with one attached hydrogen (secondary N) is 1. The van der Waals surface area contributed by atoms with Gasteiger partial charge in [0.05, 0.1) is 14.2 Å². The fraction of sp³-hybridized carbons (Fsp3) is 0.304. The van der Waals surface area contributed by atoms with Crippen molar-refractivity contribution < 1.29 is 9.47 Å². The van der Waals surface area contributed by atoms with Crippen molar-refractivity contribution in [2.24, 2.45) is 0 Å². The Morgan fingerprint density at radius 1 is 1.00 bits per heavy atom. The fourth-order valence-electron chi connectivity index (χ4n) is 4.35. The Morgan fingerprint density at radius 2 is 1.83 bits per heavy atom. The number of fused-ring (bicyclic) bond motifs is 3. The summed E-state index contributed by atoms with van der Waals surface area (Å²) in [6.07, 6.45) is 1.66. The quantitative estimate of drug-likeness (QED) is 0.558. The molecule has 1 unspecified atom stereocenters. The molecule has 2 aromatic carbocycles. The van der Waals surface area contributed by atoms with E-state index in [0.717, 1.165) is 58.9 Å². The van der Waals surface area contributed by atoms with Crippen molar-refractivity contribution >= 4 is 33.4 Å². The summed E-state index contributed by atoms with van der Waals surface area (Å²) in [5, 5.41) is 1.05. The number of rotatable bonds is 4. The molecule has 0 aliphatic carbocycles. The van der Waals surface area contributed by atoms with E-state index in [1.54, 1.807) is 20.5 Å². The molecule has 4 aromatic rings. The van der Waals surface area contributed by atoms with E-state index in [9.17, 15) is 0 Å². The van der Waals surface area contributed by atoms with Gasteiger partial charge in [0.1, 0.15) is 28.9 Å². The van der Waals surface area contributed by atoms with E-state index >= 15 is 0 Å². The predicted octanol–water partition coefficient (Wildman–Crippen LogP) is 3.84. The van der Waals surface area contributed by atoms with Crippen LogP contribution in [0.2, 0.25) is 0 Å². The average molecular weight is 403 g/mol. The maximum atomic E-state index is 5.40. The van der Waals surface area contributed by atoms with Crippen molar-refractivity contribution in [1.82, 2.24) is 15.0 Å². The zero-order valence-corrected chi connectivity index (χ0v) is 17.4. The van der Waals surface area contributed by atoms with Crippen molar-refractivity contribution in [3.05, 3.63) is 48.8 Å². The lowest BCUT2D eigenvalue weighted by molar-refractivity contribution is 0.414. The summed E-state index contributed by atoms with van der Waals surface area (Å²) in [5.41, 5.74) is 4.13. The summed E-state index contributed by atoms with van der Waals surface area (Å²) in [6.45, 7) is 4.92. The lowest BCUT2D eigenvalue weighted by Gasteiger charge is -2.41. The Morgan fingerprint density at radius 3 is 2.63 bits per heavy atom. The topological polar surface area (TPSA) is 66.5 Å². The minimum Gasteiger partial charge on any atom is -0.497 e. The molecule has 1 fully saturated rings. The third kappa shape index (κ3) is 3.07. The van der Waals surface area contributed by atoms with E-state index in [1.165, 1.54) is 5.69 Å². The zero-order valence-electron chi connectivity index (χ0n) is 17.4. The SMILES string of the molecule is COc1cccc(N2CCN(c3ncnc4c3[nH]c3ccc(OC)cc34)CC2C)c1. The van der Waals surface area contributed by atoms with Gasteiger partial charge in [-0.1, -0.05) is 6.07 Å². The molecule has 0 spiro atoms. The number of nitrogens with zero attached hydrogens (tertiary/aromatic N) is 4. The Labute approximate surface area is 175 Å². The third-order valence-electron chi connectivity index (χ3n) is 5.88. The maximum absolute atomic E-state index is 5.40. The van der Waals surface area contributed by atoms with Gasteiger partial charge in [0.25, 0.3) is 0 Å². The van der Waals surface area contributed by atoms with Gasteiger partial charge in [-0.3, -0.25) is 0 Å². The summed E-state index contributed by atoms with van der Waals surface area (Å²) in [5.74, 6) is 2.66. The number of methoxy groups -OCH3 is 2. The van der Waals surface area contributed by atoms with Gasteiger partial charge in [-0.25, -0.2) is 9.97 Å². The van der Waals surface area contributed by atoms with Crippen molar-refractivity contribution in [2.45, 2.75) is 13.0 Å². The van der Waals surface area contributed by atoms with E-state index < -0.39 is 0 Å². The number of hydrogen-bond acceptors (Lipinski definition) is 6. The molecule has 1 atom stereocenters. The minimum atomic E-state index is 0.334. The van der Waals surface area contributed by atoms with E-state index in [2.05, 4.69) is 43.8 Å². The van der Waals surface area contributed by atoms with Gasteiger partial charge in [0.15, 0.2) is 5.82 Å². The second-order valence-corrected chi connectivity index (χ2v) is 7.65. The molecule has 0 amide bonds. The van der Waals surface area contributed by atoms with Crippen LogP contribution >= 0.6 is 0 Å². The van der Waals surface area contributed by atoms with Crippen LogP contribution in [0, 0.1) is 0 Å². The molecule has 7 nitrogen and oxygen atoms in total. The third-order valence-corrected chi connectivity index (χ3v) is 5.88. The molecule has 154 valence electrons. The summed E-state index contributed by atoms with van der Waals surface area (Å²) in [7, 11) is 3.39. The molecule has 1 aliphatic rings. The Balaban J connectivity index is 1.46. The van der Waals surface area contributed by atoms with Gasteiger partial charge in [-0.05, 0) is 37.3 Å². The van der Waals surface area contributed by atoms with Crippen molar-refractivity contribution in [3.8, 4) is 11.5 Å². The number of H-pyrrole nitrogens is 1. The standard InChI is InChI=1S/C23H25N5O2/c1-15-13-27(9-10-28(15)16-5-4-6-17(11-16)29-2)23-22-21(24-14-25-23)19-12-18(30-3)7-8-20(19)26-22/h4-8,11-12,14-15,26H,9-10,13H2,1-3H3. The maximum Gasteiger partial charge on any atom is 0.156 e. The smallest absolute Gasteiger partial charge is 0.156 e. The minimum absolute atomic E-state index is 0.334. The number of hydrogen-bond donors (Lipinski definition) is 1. The number of aromatic amines is 1. The lowest BCUT2D eigenvalue weighted by atomic mass is 10.1. The van der Waals surface area contributed by atoms with Gasteiger partial charge in [0.2, 0.25) is 0 Å². The molecule has 30 heavy (non-hydrogen) atoms. The van der Waals surface area contributed by atoms with Gasteiger partial charge < -0.3 is 24.3 Å². The van der Waals surface area contributed by atoms with E-state index in [1.807, 2.05) is 30.3 Å². The van der Waals surface area contributed by atoms with E-state index in [0.29, 0.717) is 6.04 Å². The van der Waals surface area contributed by atoms with Crippen LogP contribution in [0.25, 0.3) is 21.9 Å². The van der Waals surface area contributed by atoms with Crippen LogP contribution in [-0.2, 0) is 0 Å². The molecule has 1 saturated heterocycles.